The third kappa shape index (κ3) is 4.77. The van der Waals surface area contributed by atoms with E-state index in [4.69, 9.17) is 4.74 Å². The molecule has 35 heavy (non-hydrogen) atoms. The van der Waals surface area contributed by atoms with E-state index < -0.39 is 11.7 Å². The lowest BCUT2D eigenvalue weighted by atomic mass is 9.98. The van der Waals surface area contributed by atoms with E-state index in [9.17, 15) is 18.0 Å². The van der Waals surface area contributed by atoms with Crippen LogP contribution in [0.1, 0.15) is 37.3 Å². The second kappa shape index (κ2) is 9.37. The van der Waals surface area contributed by atoms with Crippen molar-refractivity contribution in [3.8, 4) is 16.9 Å². The average Bonchev–Trinajstić information content (AvgIpc) is 3.06. The molecular weight excluding hydrogens is 457 g/mol. The van der Waals surface area contributed by atoms with Gasteiger partial charge in [-0.1, -0.05) is 26.0 Å². The Kier molecular flexibility index (Phi) is 6.64. The van der Waals surface area contributed by atoms with Crippen LogP contribution in [0.5, 0.6) is 5.75 Å². The van der Waals surface area contributed by atoms with Gasteiger partial charge in [0.1, 0.15) is 12.1 Å². The number of hydrogen-bond donors (Lipinski definition) is 0. The number of halogens is 3. The average molecular weight is 487 g/mol. The summed E-state index contributed by atoms with van der Waals surface area (Å²) in [5.41, 5.74) is 2.11. The summed E-state index contributed by atoms with van der Waals surface area (Å²) in [7, 11) is 5.48. The molecule has 0 bridgehead atoms. The predicted octanol–water partition coefficient (Wildman–Crippen LogP) is 5.33. The molecular formula is C26H29F3N4O2. The van der Waals surface area contributed by atoms with Gasteiger partial charge in [0.25, 0.3) is 5.56 Å². The number of alkyl halides is 3. The van der Waals surface area contributed by atoms with Gasteiger partial charge in [-0.2, -0.15) is 13.2 Å². The molecule has 2 heterocycles. The van der Waals surface area contributed by atoms with E-state index in [1.54, 1.807) is 42.2 Å². The second-order valence-electron chi connectivity index (χ2n) is 9.28. The minimum absolute atomic E-state index is 0.0336. The number of aryl methyl sites for hydroxylation is 1. The van der Waals surface area contributed by atoms with Gasteiger partial charge in [0.05, 0.1) is 23.2 Å². The topological polar surface area (TPSA) is 51.8 Å². The van der Waals surface area contributed by atoms with Gasteiger partial charge in [-0.3, -0.25) is 4.79 Å². The van der Waals surface area contributed by atoms with Crippen molar-refractivity contribution in [2.24, 2.45) is 7.05 Å². The Morgan fingerprint density at radius 2 is 1.77 bits per heavy atom. The van der Waals surface area contributed by atoms with Crippen LogP contribution in [-0.4, -0.2) is 46.3 Å². The summed E-state index contributed by atoms with van der Waals surface area (Å²) in [6, 6.07) is 9.45. The lowest BCUT2D eigenvalue weighted by Crippen LogP contribution is -2.17. The van der Waals surface area contributed by atoms with Crippen LogP contribution in [-0.2, 0) is 13.2 Å². The highest BCUT2D eigenvalue weighted by atomic mass is 19.4. The number of ether oxygens (including phenoxy) is 1. The van der Waals surface area contributed by atoms with Crippen molar-refractivity contribution < 1.29 is 17.9 Å². The number of fused-ring (bicyclic) bond motifs is 3. The number of benzene rings is 2. The summed E-state index contributed by atoms with van der Waals surface area (Å²) in [5, 5.41) is 0.712. The number of rotatable bonds is 7. The molecule has 0 N–H and O–H groups in total. The smallest absolute Gasteiger partial charge is 0.419 e. The Bertz CT molecular complexity index is 1430. The van der Waals surface area contributed by atoms with Crippen LogP contribution in [0.4, 0.5) is 13.2 Å². The second-order valence-corrected chi connectivity index (χ2v) is 9.28. The van der Waals surface area contributed by atoms with E-state index in [0.717, 1.165) is 18.1 Å². The van der Waals surface area contributed by atoms with Gasteiger partial charge in [-0.05, 0) is 61.8 Å². The molecule has 0 spiro atoms. The van der Waals surface area contributed by atoms with Crippen molar-refractivity contribution in [3.05, 3.63) is 64.2 Å². The molecule has 186 valence electrons. The first-order valence-corrected chi connectivity index (χ1v) is 11.5. The fourth-order valence-corrected chi connectivity index (χ4v) is 4.33. The zero-order valence-electron chi connectivity index (χ0n) is 20.5. The lowest BCUT2D eigenvalue weighted by Gasteiger charge is -2.16. The highest BCUT2D eigenvalue weighted by Gasteiger charge is 2.35. The van der Waals surface area contributed by atoms with Crippen molar-refractivity contribution >= 4 is 16.4 Å². The van der Waals surface area contributed by atoms with Crippen LogP contribution in [0.25, 0.3) is 27.5 Å². The van der Waals surface area contributed by atoms with E-state index in [1.165, 1.54) is 10.7 Å². The van der Waals surface area contributed by atoms with Gasteiger partial charge >= 0.3 is 6.18 Å². The van der Waals surface area contributed by atoms with Gasteiger partial charge in [0.2, 0.25) is 0 Å². The van der Waals surface area contributed by atoms with Crippen LogP contribution in [0.3, 0.4) is 0 Å². The summed E-state index contributed by atoms with van der Waals surface area (Å²) < 4.78 is 50.4. The van der Waals surface area contributed by atoms with Crippen molar-refractivity contribution in [3.63, 3.8) is 0 Å². The molecule has 0 radical (unpaired) electrons. The summed E-state index contributed by atoms with van der Waals surface area (Å²) in [4.78, 5) is 19.2. The lowest BCUT2D eigenvalue weighted by molar-refractivity contribution is -0.138. The fraction of sp³-hybridized carbons (Fsp3) is 0.385. The monoisotopic (exact) mass is 486 g/mol. The number of nitrogens with zero attached hydrogens (tertiary/aromatic N) is 4. The molecule has 2 aromatic heterocycles. The number of aromatic nitrogens is 3. The van der Waals surface area contributed by atoms with Crippen LogP contribution >= 0.6 is 0 Å². The SMILES string of the molecule is CC(C)c1c(=O)n(C)n2cnc3ccc(-c4ccc(OCCCN(C)C)c(C(F)(F)F)c4)cc3c12. The van der Waals surface area contributed by atoms with Gasteiger partial charge in [0, 0.05) is 24.5 Å². The third-order valence-electron chi connectivity index (χ3n) is 6.09. The molecule has 9 heteroatoms. The predicted molar refractivity (Wildman–Crippen MR) is 131 cm³/mol. The van der Waals surface area contributed by atoms with Gasteiger partial charge in [0.15, 0.2) is 0 Å². The molecule has 0 saturated carbocycles. The van der Waals surface area contributed by atoms with Gasteiger partial charge in [-0.25, -0.2) is 14.2 Å². The maximum atomic E-state index is 13.9. The van der Waals surface area contributed by atoms with E-state index in [-0.39, 0.29) is 23.8 Å². The minimum Gasteiger partial charge on any atom is -0.493 e. The summed E-state index contributed by atoms with van der Waals surface area (Å²) >= 11 is 0. The van der Waals surface area contributed by atoms with Crippen LogP contribution in [0.15, 0.2) is 47.5 Å². The van der Waals surface area contributed by atoms with Crippen molar-refractivity contribution in [1.29, 1.82) is 0 Å². The molecule has 6 nitrogen and oxygen atoms in total. The normalized spacial score (nSPS) is 12.4. The first-order chi connectivity index (χ1) is 16.5. The van der Waals surface area contributed by atoms with E-state index in [2.05, 4.69) is 4.98 Å². The fourth-order valence-electron chi connectivity index (χ4n) is 4.33. The molecule has 0 amide bonds. The minimum atomic E-state index is -4.56. The Labute approximate surface area is 201 Å². The molecule has 4 rings (SSSR count). The molecule has 0 fully saturated rings. The van der Waals surface area contributed by atoms with Crippen LogP contribution in [0.2, 0.25) is 0 Å². The first-order valence-electron chi connectivity index (χ1n) is 11.5. The Morgan fingerprint density at radius 3 is 2.43 bits per heavy atom. The zero-order chi connectivity index (χ0) is 25.5. The van der Waals surface area contributed by atoms with E-state index >= 15 is 0 Å². The Hall–Kier alpha value is -3.33. The molecule has 0 aliphatic carbocycles. The van der Waals surface area contributed by atoms with Crippen molar-refractivity contribution in [2.45, 2.75) is 32.4 Å². The third-order valence-corrected chi connectivity index (χ3v) is 6.09. The van der Waals surface area contributed by atoms with Gasteiger partial charge in [-0.15, -0.1) is 0 Å². The van der Waals surface area contributed by atoms with E-state index in [1.807, 2.05) is 32.8 Å². The van der Waals surface area contributed by atoms with E-state index in [0.29, 0.717) is 34.0 Å². The highest BCUT2D eigenvalue weighted by Crippen LogP contribution is 2.39. The van der Waals surface area contributed by atoms with Gasteiger partial charge < -0.3 is 9.64 Å². The first kappa shape index (κ1) is 24.8. The molecule has 0 aliphatic rings. The summed E-state index contributed by atoms with van der Waals surface area (Å²) in [6.45, 7) is 4.81. The molecule has 0 saturated heterocycles. The molecule has 0 aliphatic heterocycles. The van der Waals surface area contributed by atoms with Crippen molar-refractivity contribution in [1.82, 2.24) is 19.1 Å². The largest absolute Gasteiger partial charge is 0.493 e. The standard InChI is InChI=1S/C26H29F3N4O2/c1-16(2)23-24-19-13-17(7-9-21(19)30-15-33(24)32(5)25(23)34)18-8-10-22(20(14-18)26(27,28)29)35-12-6-11-31(3)4/h7-10,13-16H,6,11-12H2,1-5H3. The highest BCUT2D eigenvalue weighted by molar-refractivity contribution is 5.97. The molecule has 0 unspecified atom stereocenters. The zero-order valence-corrected chi connectivity index (χ0v) is 20.5. The van der Waals surface area contributed by atoms with Crippen LogP contribution < -0.4 is 10.3 Å². The van der Waals surface area contributed by atoms with Crippen LogP contribution in [0, 0.1) is 0 Å². The maximum Gasteiger partial charge on any atom is 0.419 e. The molecule has 0 atom stereocenters. The molecule has 2 aromatic carbocycles. The summed E-state index contributed by atoms with van der Waals surface area (Å²) in [6.07, 6.45) is -2.35. The Morgan fingerprint density at radius 1 is 1.09 bits per heavy atom. The number of hydrogen-bond acceptors (Lipinski definition) is 4. The van der Waals surface area contributed by atoms with Crippen molar-refractivity contribution in [2.75, 3.05) is 27.2 Å². The Balaban J connectivity index is 1.82. The molecule has 4 aromatic rings. The maximum absolute atomic E-state index is 13.9. The summed E-state index contributed by atoms with van der Waals surface area (Å²) in [5.74, 6) is -0.213. The quantitative estimate of drug-likeness (QED) is 0.332.